The molecule has 0 aromatic heterocycles. The molecule has 0 atom stereocenters. The molecule has 0 heterocycles. The Hall–Kier alpha value is -0.570. The molecule has 0 aliphatic rings. The van der Waals surface area contributed by atoms with Crippen LogP contribution in [0.15, 0.2) is 12.4 Å². The van der Waals surface area contributed by atoms with Crippen molar-refractivity contribution < 1.29 is 13.9 Å². The minimum absolute atomic E-state index is 0.257. The summed E-state index contributed by atoms with van der Waals surface area (Å²) in [5, 5.41) is 0. The minimum atomic E-state index is -0.687. The molecule has 4 heteroatoms. The van der Waals surface area contributed by atoms with Crippen LogP contribution in [0.25, 0.3) is 0 Å². The molecule has 0 amide bonds. The van der Waals surface area contributed by atoms with E-state index in [9.17, 15) is 9.18 Å². The Balaban J connectivity index is 3.28. The zero-order chi connectivity index (χ0) is 7.28. The number of rotatable bonds is 3. The lowest BCUT2D eigenvalue weighted by molar-refractivity contribution is -0.139. The van der Waals surface area contributed by atoms with Gasteiger partial charge in [0.25, 0.3) is 0 Å². The monoisotopic (exact) mass is 152 g/mol. The fraction of sp³-hybridized carbons (Fsp3) is 0.400. The van der Waals surface area contributed by atoms with Crippen LogP contribution in [0.5, 0.6) is 0 Å². The van der Waals surface area contributed by atoms with Gasteiger partial charge in [0, 0.05) is 0 Å². The fourth-order valence-corrected chi connectivity index (χ4v) is 0.275. The van der Waals surface area contributed by atoms with Gasteiger partial charge in [-0.15, -0.1) is 11.6 Å². The van der Waals surface area contributed by atoms with Crippen molar-refractivity contribution in [3.63, 3.8) is 0 Å². The molecular formula is C5H6ClFO2. The molecule has 9 heavy (non-hydrogen) atoms. The third kappa shape index (κ3) is 5.30. The highest BCUT2D eigenvalue weighted by atomic mass is 35.5. The fourth-order valence-electron chi connectivity index (χ4n) is 0.197. The molecule has 0 fully saturated rings. The average Bonchev–Trinajstić information content (AvgIpc) is 1.83. The summed E-state index contributed by atoms with van der Waals surface area (Å²) < 4.78 is 15.9. The van der Waals surface area contributed by atoms with Gasteiger partial charge in [-0.2, -0.15) is 0 Å². The maximum atomic E-state index is 11.7. The predicted octanol–water partition coefficient (Wildman–Crippen LogP) is 1.25. The molecule has 0 aliphatic heterocycles. The third-order valence-corrected chi connectivity index (χ3v) is 0.717. The highest BCUT2D eigenvalue weighted by Gasteiger charge is 1.98. The Kier molecular flexibility index (Phi) is 4.05. The van der Waals surface area contributed by atoms with Gasteiger partial charge in [-0.3, -0.25) is 4.79 Å². The number of halogens is 2. The van der Waals surface area contributed by atoms with Crippen molar-refractivity contribution in [3.05, 3.63) is 12.4 Å². The number of carbonyl (C=O) groups excluding carboxylic acids is 1. The van der Waals surface area contributed by atoms with E-state index in [0.29, 0.717) is 0 Å². The second-order valence-electron chi connectivity index (χ2n) is 1.31. The van der Waals surface area contributed by atoms with Gasteiger partial charge in [-0.05, 0) is 0 Å². The second kappa shape index (κ2) is 4.32. The van der Waals surface area contributed by atoms with E-state index in [0.717, 1.165) is 0 Å². The standard InChI is InChI=1S/C5H6ClFO2/c1-4(7)3-9-5(8)2-6/h1-3H2. The van der Waals surface area contributed by atoms with Crippen LogP contribution in [0, 0.1) is 0 Å². The Morgan fingerprint density at radius 3 is 2.67 bits per heavy atom. The summed E-state index contributed by atoms with van der Waals surface area (Å²) in [7, 11) is 0. The molecule has 52 valence electrons. The van der Waals surface area contributed by atoms with E-state index in [-0.39, 0.29) is 5.88 Å². The molecule has 0 rings (SSSR count). The Labute approximate surface area is 57.3 Å². The van der Waals surface area contributed by atoms with Gasteiger partial charge in [0.05, 0.1) is 0 Å². The van der Waals surface area contributed by atoms with E-state index >= 15 is 0 Å². The molecule has 0 spiro atoms. The van der Waals surface area contributed by atoms with Crippen LogP contribution in [-0.2, 0) is 9.53 Å². The Morgan fingerprint density at radius 2 is 2.33 bits per heavy atom. The number of alkyl halides is 1. The molecule has 0 saturated heterocycles. The first kappa shape index (κ1) is 8.43. The summed E-state index contributed by atoms with van der Waals surface area (Å²) in [6.45, 7) is 2.48. The number of carbonyl (C=O) groups is 1. The van der Waals surface area contributed by atoms with Crippen molar-refractivity contribution >= 4 is 17.6 Å². The summed E-state index contributed by atoms with van der Waals surface area (Å²) in [6, 6.07) is 0. The summed E-state index contributed by atoms with van der Waals surface area (Å²) in [4.78, 5) is 10.2. The SMILES string of the molecule is C=C(F)COC(=O)CCl. The van der Waals surface area contributed by atoms with Crippen molar-refractivity contribution in [1.29, 1.82) is 0 Å². The zero-order valence-corrected chi connectivity index (χ0v) is 5.45. The normalized spacial score (nSPS) is 8.67. The quantitative estimate of drug-likeness (QED) is 0.450. The molecular weight excluding hydrogens is 147 g/mol. The van der Waals surface area contributed by atoms with Gasteiger partial charge in [0.15, 0.2) is 0 Å². The predicted molar refractivity (Wildman–Crippen MR) is 31.9 cm³/mol. The second-order valence-corrected chi connectivity index (χ2v) is 1.58. The number of esters is 1. The first-order valence-corrected chi connectivity index (χ1v) is 2.75. The van der Waals surface area contributed by atoms with Crippen molar-refractivity contribution in [3.8, 4) is 0 Å². The lowest BCUT2D eigenvalue weighted by Crippen LogP contribution is -2.06. The largest absolute Gasteiger partial charge is 0.457 e. The maximum absolute atomic E-state index is 11.7. The molecule has 0 unspecified atom stereocenters. The molecule has 0 bridgehead atoms. The highest BCUT2D eigenvalue weighted by Crippen LogP contribution is 1.92. The van der Waals surface area contributed by atoms with Gasteiger partial charge in [0.1, 0.15) is 18.3 Å². The van der Waals surface area contributed by atoms with Crippen LogP contribution in [-0.4, -0.2) is 18.5 Å². The molecule has 0 radical (unpaired) electrons. The smallest absolute Gasteiger partial charge is 0.321 e. The summed E-state index contributed by atoms with van der Waals surface area (Å²) in [5.41, 5.74) is 0. The summed E-state index contributed by atoms with van der Waals surface area (Å²) >= 11 is 5.01. The molecule has 0 aromatic rings. The van der Waals surface area contributed by atoms with E-state index in [1.165, 1.54) is 0 Å². The lowest BCUT2D eigenvalue weighted by Gasteiger charge is -1.96. The van der Waals surface area contributed by atoms with Gasteiger partial charge in [-0.1, -0.05) is 6.58 Å². The topological polar surface area (TPSA) is 26.3 Å². The van der Waals surface area contributed by atoms with Gasteiger partial charge in [0.2, 0.25) is 0 Å². The van der Waals surface area contributed by atoms with E-state index in [2.05, 4.69) is 11.3 Å². The lowest BCUT2D eigenvalue weighted by atomic mass is 10.6. The first-order valence-electron chi connectivity index (χ1n) is 2.21. The third-order valence-electron chi connectivity index (χ3n) is 0.499. The van der Waals surface area contributed by atoms with Gasteiger partial charge in [-0.25, -0.2) is 4.39 Å². The Morgan fingerprint density at radius 1 is 1.78 bits per heavy atom. The molecule has 0 aromatic carbocycles. The molecule has 0 aliphatic carbocycles. The van der Waals surface area contributed by atoms with Crippen molar-refractivity contribution in [2.24, 2.45) is 0 Å². The van der Waals surface area contributed by atoms with Crippen LogP contribution in [0.2, 0.25) is 0 Å². The highest BCUT2D eigenvalue weighted by molar-refractivity contribution is 6.26. The number of hydrogen-bond acceptors (Lipinski definition) is 2. The molecule has 0 N–H and O–H groups in total. The van der Waals surface area contributed by atoms with E-state index in [1.807, 2.05) is 0 Å². The van der Waals surface area contributed by atoms with Gasteiger partial charge >= 0.3 is 5.97 Å². The van der Waals surface area contributed by atoms with Crippen molar-refractivity contribution in [2.45, 2.75) is 0 Å². The van der Waals surface area contributed by atoms with E-state index in [1.54, 1.807) is 0 Å². The minimum Gasteiger partial charge on any atom is -0.457 e. The van der Waals surface area contributed by atoms with Crippen LogP contribution >= 0.6 is 11.6 Å². The molecule has 0 saturated carbocycles. The summed E-state index contributed by atoms with van der Waals surface area (Å²) in [5.74, 6) is -1.59. The molecule has 2 nitrogen and oxygen atoms in total. The van der Waals surface area contributed by atoms with Crippen LogP contribution in [0.4, 0.5) is 4.39 Å². The summed E-state index contributed by atoms with van der Waals surface area (Å²) in [6.07, 6.45) is 0. The van der Waals surface area contributed by atoms with Crippen molar-refractivity contribution in [1.82, 2.24) is 0 Å². The number of hydrogen-bond donors (Lipinski definition) is 0. The van der Waals surface area contributed by atoms with Crippen molar-refractivity contribution in [2.75, 3.05) is 12.5 Å². The number of ether oxygens (including phenoxy) is 1. The maximum Gasteiger partial charge on any atom is 0.321 e. The van der Waals surface area contributed by atoms with E-state index in [4.69, 9.17) is 11.6 Å². The van der Waals surface area contributed by atoms with Gasteiger partial charge < -0.3 is 4.74 Å². The van der Waals surface area contributed by atoms with Crippen LogP contribution in [0.3, 0.4) is 0 Å². The van der Waals surface area contributed by atoms with Crippen LogP contribution in [0.1, 0.15) is 0 Å². The zero-order valence-electron chi connectivity index (χ0n) is 4.69. The van der Waals surface area contributed by atoms with E-state index < -0.39 is 18.4 Å². The average molecular weight is 153 g/mol. The van der Waals surface area contributed by atoms with Crippen LogP contribution < -0.4 is 0 Å². The first-order chi connectivity index (χ1) is 4.16. The Bertz CT molecular complexity index is 124.